The SMILES string of the molecule is CCOC(=O)C(=O)Nc1cccc(OC(C)C)c1C(N)=O. The topological polar surface area (TPSA) is 108 Å². The van der Waals surface area contributed by atoms with E-state index in [0.29, 0.717) is 0 Å². The smallest absolute Gasteiger partial charge is 0.397 e. The molecule has 0 saturated carbocycles. The van der Waals surface area contributed by atoms with Gasteiger partial charge < -0.3 is 20.5 Å². The number of benzene rings is 1. The van der Waals surface area contributed by atoms with Crippen molar-refractivity contribution in [3.8, 4) is 5.75 Å². The van der Waals surface area contributed by atoms with Crippen LogP contribution >= 0.6 is 0 Å². The summed E-state index contributed by atoms with van der Waals surface area (Å²) in [6.45, 7) is 5.23. The average molecular weight is 294 g/mol. The Balaban J connectivity index is 3.09. The number of nitrogens with two attached hydrogens (primary N) is 1. The number of hydrogen-bond acceptors (Lipinski definition) is 5. The van der Waals surface area contributed by atoms with Crippen LogP contribution in [0.1, 0.15) is 31.1 Å². The van der Waals surface area contributed by atoms with Gasteiger partial charge >= 0.3 is 11.9 Å². The van der Waals surface area contributed by atoms with Gasteiger partial charge in [0.1, 0.15) is 11.3 Å². The van der Waals surface area contributed by atoms with Crippen molar-refractivity contribution in [1.29, 1.82) is 0 Å². The van der Waals surface area contributed by atoms with Gasteiger partial charge in [0.05, 0.1) is 18.4 Å². The Bertz CT molecular complexity index is 554. The van der Waals surface area contributed by atoms with Crippen molar-refractivity contribution in [3.63, 3.8) is 0 Å². The van der Waals surface area contributed by atoms with Crippen LogP contribution in [-0.2, 0) is 14.3 Å². The van der Waals surface area contributed by atoms with Gasteiger partial charge in [-0.1, -0.05) is 6.07 Å². The molecule has 114 valence electrons. The first-order chi connectivity index (χ1) is 9.86. The minimum absolute atomic E-state index is 0.00356. The second-order valence-electron chi connectivity index (χ2n) is 4.38. The van der Waals surface area contributed by atoms with Gasteiger partial charge in [0, 0.05) is 0 Å². The first-order valence-corrected chi connectivity index (χ1v) is 6.44. The van der Waals surface area contributed by atoms with Crippen LogP contribution in [0.4, 0.5) is 5.69 Å². The van der Waals surface area contributed by atoms with Crippen LogP contribution in [0, 0.1) is 0 Å². The molecule has 0 aliphatic heterocycles. The molecule has 0 bridgehead atoms. The molecule has 0 radical (unpaired) electrons. The molecule has 0 unspecified atom stereocenters. The van der Waals surface area contributed by atoms with E-state index in [1.807, 2.05) is 0 Å². The summed E-state index contributed by atoms with van der Waals surface area (Å²) in [6.07, 6.45) is -0.181. The molecule has 2 amide bonds. The van der Waals surface area contributed by atoms with Crippen molar-refractivity contribution < 1.29 is 23.9 Å². The molecule has 0 fully saturated rings. The molecule has 7 nitrogen and oxygen atoms in total. The lowest BCUT2D eigenvalue weighted by atomic mass is 10.1. The highest BCUT2D eigenvalue weighted by Crippen LogP contribution is 2.27. The van der Waals surface area contributed by atoms with Gasteiger partial charge in [0.25, 0.3) is 5.91 Å². The number of ether oxygens (including phenoxy) is 2. The van der Waals surface area contributed by atoms with Crippen LogP contribution in [-0.4, -0.2) is 30.5 Å². The molecule has 0 aromatic heterocycles. The van der Waals surface area contributed by atoms with Crippen LogP contribution in [0.3, 0.4) is 0 Å². The largest absolute Gasteiger partial charge is 0.490 e. The van der Waals surface area contributed by atoms with Crippen LogP contribution in [0.5, 0.6) is 5.75 Å². The monoisotopic (exact) mass is 294 g/mol. The second kappa shape index (κ2) is 7.28. The Morgan fingerprint density at radius 2 is 1.95 bits per heavy atom. The van der Waals surface area contributed by atoms with Crippen molar-refractivity contribution in [3.05, 3.63) is 23.8 Å². The molecule has 1 aromatic carbocycles. The molecule has 1 aromatic rings. The predicted octanol–water partition coefficient (Wildman–Crippen LogP) is 1.07. The fourth-order valence-corrected chi connectivity index (χ4v) is 1.61. The molecule has 0 atom stereocenters. The summed E-state index contributed by atoms with van der Waals surface area (Å²) >= 11 is 0. The summed E-state index contributed by atoms with van der Waals surface area (Å²) in [5.74, 6) is -2.56. The van der Waals surface area contributed by atoms with Gasteiger partial charge in [-0.05, 0) is 32.9 Å². The summed E-state index contributed by atoms with van der Waals surface area (Å²) in [4.78, 5) is 34.5. The lowest BCUT2D eigenvalue weighted by Gasteiger charge is -2.15. The van der Waals surface area contributed by atoms with E-state index in [2.05, 4.69) is 10.1 Å². The lowest BCUT2D eigenvalue weighted by Crippen LogP contribution is -2.27. The van der Waals surface area contributed by atoms with Crippen molar-refractivity contribution in [2.45, 2.75) is 26.9 Å². The van der Waals surface area contributed by atoms with Crippen LogP contribution in [0.2, 0.25) is 0 Å². The highest BCUT2D eigenvalue weighted by molar-refractivity contribution is 6.37. The maximum atomic E-state index is 11.6. The fraction of sp³-hybridized carbons (Fsp3) is 0.357. The van der Waals surface area contributed by atoms with Crippen LogP contribution < -0.4 is 15.8 Å². The van der Waals surface area contributed by atoms with E-state index in [0.717, 1.165) is 0 Å². The molecule has 0 aliphatic carbocycles. The Kier molecular flexibility index (Phi) is 5.71. The molecule has 1 rings (SSSR count). The maximum Gasteiger partial charge on any atom is 0.397 e. The second-order valence-corrected chi connectivity index (χ2v) is 4.38. The summed E-state index contributed by atoms with van der Waals surface area (Å²) in [5.41, 5.74) is 5.41. The average Bonchev–Trinajstić information content (AvgIpc) is 2.37. The number of esters is 1. The van der Waals surface area contributed by atoms with Crippen LogP contribution in [0.25, 0.3) is 0 Å². The highest BCUT2D eigenvalue weighted by atomic mass is 16.5. The molecule has 21 heavy (non-hydrogen) atoms. The third kappa shape index (κ3) is 4.48. The standard InChI is InChI=1S/C14H18N2O5/c1-4-20-14(19)13(18)16-9-6-5-7-10(21-8(2)3)11(9)12(15)17/h5-8H,4H2,1-3H3,(H2,15,17)(H,16,18). The number of anilines is 1. The van der Waals surface area contributed by atoms with E-state index >= 15 is 0 Å². The molecule has 0 saturated heterocycles. The third-order valence-electron chi connectivity index (χ3n) is 2.34. The van der Waals surface area contributed by atoms with Gasteiger partial charge in [-0.25, -0.2) is 4.79 Å². The van der Waals surface area contributed by atoms with Crippen LogP contribution in [0.15, 0.2) is 18.2 Å². The summed E-state index contributed by atoms with van der Waals surface area (Å²) in [7, 11) is 0. The Morgan fingerprint density at radius 3 is 2.48 bits per heavy atom. The zero-order valence-electron chi connectivity index (χ0n) is 12.1. The van der Waals surface area contributed by atoms with E-state index in [-0.39, 0.29) is 29.7 Å². The third-order valence-corrected chi connectivity index (χ3v) is 2.34. The summed E-state index contributed by atoms with van der Waals surface area (Å²) in [6, 6.07) is 4.58. The molecule has 0 spiro atoms. The van der Waals surface area contributed by atoms with Gasteiger partial charge in [-0.3, -0.25) is 9.59 Å². The number of rotatable bonds is 5. The highest BCUT2D eigenvalue weighted by Gasteiger charge is 2.21. The Labute approximate surface area is 122 Å². The Hall–Kier alpha value is -2.57. The van der Waals surface area contributed by atoms with Crippen molar-refractivity contribution in [2.75, 3.05) is 11.9 Å². The predicted molar refractivity (Wildman–Crippen MR) is 76.0 cm³/mol. The molecular weight excluding hydrogens is 276 g/mol. The molecule has 0 heterocycles. The van der Waals surface area contributed by atoms with Gasteiger partial charge in [0.2, 0.25) is 0 Å². The van der Waals surface area contributed by atoms with E-state index in [1.165, 1.54) is 6.07 Å². The van der Waals surface area contributed by atoms with Gasteiger partial charge in [0.15, 0.2) is 0 Å². The number of hydrogen-bond donors (Lipinski definition) is 2. The normalized spacial score (nSPS) is 10.1. The maximum absolute atomic E-state index is 11.6. The quantitative estimate of drug-likeness (QED) is 0.624. The number of primary amides is 1. The van der Waals surface area contributed by atoms with Crippen molar-refractivity contribution >= 4 is 23.5 Å². The molecule has 3 N–H and O–H groups in total. The fourth-order valence-electron chi connectivity index (χ4n) is 1.61. The van der Waals surface area contributed by atoms with Crippen molar-refractivity contribution in [1.82, 2.24) is 0 Å². The number of nitrogens with one attached hydrogen (secondary N) is 1. The summed E-state index contributed by atoms with van der Waals surface area (Å²) in [5, 5.41) is 2.30. The lowest BCUT2D eigenvalue weighted by molar-refractivity contribution is -0.152. The van der Waals surface area contributed by atoms with E-state index in [4.69, 9.17) is 10.5 Å². The van der Waals surface area contributed by atoms with Gasteiger partial charge in [-0.2, -0.15) is 0 Å². The number of amides is 2. The first-order valence-electron chi connectivity index (χ1n) is 6.44. The van der Waals surface area contributed by atoms with Crippen molar-refractivity contribution in [2.24, 2.45) is 5.73 Å². The molecular formula is C14H18N2O5. The number of carbonyl (C=O) groups is 3. The summed E-state index contributed by atoms with van der Waals surface area (Å²) < 4.78 is 10.0. The molecule has 7 heteroatoms. The minimum Gasteiger partial charge on any atom is -0.490 e. The Morgan fingerprint density at radius 1 is 1.29 bits per heavy atom. The molecule has 0 aliphatic rings. The number of carbonyl (C=O) groups excluding carboxylic acids is 3. The minimum atomic E-state index is -1.04. The first kappa shape index (κ1) is 16.5. The zero-order chi connectivity index (χ0) is 16.0. The zero-order valence-corrected chi connectivity index (χ0v) is 12.1. The van der Waals surface area contributed by atoms with E-state index in [1.54, 1.807) is 32.9 Å². The van der Waals surface area contributed by atoms with E-state index < -0.39 is 17.8 Å². The van der Waals surface area contributed by atoms with Gasteiger partial charge in [-0.15, -0.1) is 0 Å². The van der Waals surface area contributed by atoms with E-state index in [9.17, 15) is 14.4 Å².